The number of aryl methyl sites for hydroxylation is 1. The molecule has 2 aromatic rings. The molecule has 1 heterocycles. The van der Waals surface area contributed by atoms with E-state index in [-0.39, 0.29) is 5.82 Å². The van der Waals surface area contributed by atoms with Crippen molar-refractivity contribution in [3.63, 3.8) is 0 Å². The molecule has 1 aromatic carbocycles. The maximum atomic E-state index is 13.1. The topological polar surface area (TPSA) is 33.4 Å². The van der Waals surface area contributed by atoms with E-state index in [1.165, 1.54) is 12.3 Å². The summed E-state index contributed by atoms with van der Waals surface area (Å²) < 4.78 is 18.9. The molecule has 1 aromatic heterocycles. The molecule has 0 saturated carbocycles. The first-order valence-corrected chi connectivity index (χ1v) is 5.56. The molecule has 16 heavy (non-hydrogen) atoms. The number of hydrogen-bond acceptors (Lipinski definition) is 2. The highest BCUT2D eigenvalue weighted by molar-refractivity contribution is 9.10. The van der Waals surface area contributed by atoms with Gasteiger partial charge in [0.2, 0.25) is 0 Å². The molecule has 2 rings (SSSR count). The summed E-state index contributed by atoms with van der Waals surface area (Å²) in [6.45, 7) is 1.66. The second-order valence-corrected chi connectivity index (χ2v) is 4.40. The van der Waals surface area contributed by atoms with Crippen molar-refractivity contribution in [3.8, 4) is 0 Å². The van der Waals surface area contributed by atoms with Crippen molar-refractivity contribution >= 4 is 15.9 Å². The van der Waals surface area contributed by atoms with Crippen molar-refractivity contribution in [1.29, 1.82) is 0 Å². The summed E-state index contributed by atoms with van der Waals surface area (Å²) in [7, 11) is 0. The Morgan fingerprint density at radius 3 is 2.69 bits per heavy atom. The van der Waals surface area contributed by atoms with Crippen LogP contribution in [-0.4, -0.2) is 5.11 Å². The van der Waals surface area contributed by atoms with Crippen LogP contribution >= 0.6 is 15.9 Å². The van der Waals surface area contributed by atoms with Gasteiger partial charge in [0.25, 0.3) is 0 Å². The Bertz CT molecular complexity index is 507. The Morgan fingerprint density at radius 1 is 1.38 bits per heavy atom. The number of benzene rings is 1. The van der Waals surface area contributed by atoms with Gasteiger partial charge in [0.15, 0.2) is 5.76 Å². The van der Waals surface area contributed by atoms with Crippen LogP contribution in [0.5, 0.6) is 0 Å². The minimum absolute atomic E-state index is 0.283. The van der Waals surface area contributed by atoms with Gasteiger partial charge in [-0.2, -0.15) is 0 Å². The van der Waals surface area contributed by atoms with Gasteiger partial charge in [-0.1, -0.05) is 12.1 Å². The summed E-state index contributed by atoms with van der Waals surface area (Å²) in [5, 5.41) is 10.0. The van der Waals surface area contributed by atoms with E-state index in [0.29, 0.717) is 21.4 Å². The van der Waals surface area contributed by atoms with Gasteiger partial charge in [0.1, 0.15) is 11.9 Å². The third kappa shape index (κ3) is 2.03. The highest BCUT2D eigenvalue weighted by Gasteiger charge is 2.17. The molecule has 0 fully saturated rings. The molecule has 4 heteroatoms. The predicted molar refractivity (Wildman–Crippen MR) is 61.6 cm³/mol. The van der Waals surface area contributed by atoms with Gasteiger partial charge in [-0.15, -0.1) is 0 Å². The molecule has 84 valence electrons. The summed E-state index contributed by atoms with van der Waals surface area (Å²) in [6.07, 6.45) is 0.600. The molecule has 1 N–H and O–H groups in total. The van der Waals surface area contributed by atoms with Gasteiger partial charge < -0.3 is 9.52 Å². The molecule has 1 atom stereocenters. The van der Waals surface area contributed by atoms with Crippen LogP contribution in [0.2, 0.25) is 0 Å². The van der Waals surface area contributed by atoms with Crippen molar-refractivity contribution in [3.05, 3.63) is 57.7 Å². The van der Waals surface area contributed by atoms with E-state index < -0.39 is 6.10 Å². The molecular weight excluding hydrogens is 275 g/mol. The summed E-state index contributed by atoms with van der Waals surface area (Å²) in [5.74, 6) is 0.139. The maximum absolute atomic E-state index is 13.1. The van der Waals surface area contributed by atoms with Crippen LogP contribution in [0.15, 0.2) is 39.4 Å². The van der Waals surface area contributed by atoms with Crippen LogP contribution in [0.3, 0.4) is 0 Å². The minimum Gasteiger partial charge on any atom is -0.465 e. The van der Waals surface area contributed by atoms with E-state index in [1.807, 2.05) is 0 Å². The van der Waals surface area contributed by atoms with Gasteiger partial charge in [-0.25, -0.2) is 4.39 Å². The number of aliphatic hydroxyl groups is 1. The highest BCUT2D eigenvalue weighted by Crippen LogP contribution is 2.29. The van der Waals surface area contributed by atoms with Gasteiger partial charge in [0, 0.05) is 0 Å². The van der Waals surface area contributed by atoms with Crippen molar-refractivity contribution in [2.24, 2.45) is 0 Å². The summed E-state index contributed by atoms with van der Waals surface area (Å²) in [4.78, 5) is 0. The van der Waals surface area contributed by atoms with Crippen molar-refractivity contribution in [2.75, 3.05) is 0 Å². The third-order valence-electron chi connectivity index (χ3n) is 2.39. The maximum Gasteiger partial charge on any atom is 0.150 e. The number of hydrogen-bond donors (Lipinski definition) is 1. The first-order valence-electron chi connectivity index (χ1n) is 4.76. The Hall–Kier alpha value is -1.13. The third-order valence-corrected chi connectivity index (χ3v) is 3.05. The lowest BCUT2D eigenvalue weighted by Crippen LogP contribution is -2.00. The van der Waals surface area contributed by atoms with Crippen molar-refractivity contribution in [2.45, 2.75) is 13.0 Å². The Kier molecular flexibility index (Phi) is 3.12. The number of aliphatic hydroxyl groups excluding tert-OH is 1. The Balaban J connectivity index is 2.38. The normalized spacial score (nSPS) is 12.8. The lowest BCUT2D eigenvalue weighted by Gasteiger charge is -2.10. The molecule has 1 unspecified atom stereocenters. The van der Waals surface area contributed by atoms with Crippen LogP contribution in [0.25, 0.3) is 0 Å². The van der Waals surface area contributed by atoms with Gasteiger partial charge in [-0.05, 0) is 46.1 Å². The van der Waals surface area contributed by atoms with Gasteiger partial charge in [0.05, 0.1) is 10.7 Å². The molecular formula is C12H10BrFO2. The molecule has 0 spiro atoms. The van der Waals surface area contributed by atoms with E-state index in [9.17, 15) is 9.50 Å². The fourth-order valence-electron chi connectivity index (χ4n) is 1.49. The molecule has 0 bridgehead atoms. The molecule has 0 aliphatic carbocycles. The fourth-order valence-corrected chi connectivity index (χ4v) is 1.91. The quantitative estimate of drug-likeness (QED) is 0.915. The average molecular weight is 285 g/mol. The molecule has 0 aliphatic heterocycles. The van der Waals surface area contributed by atoms with E-state index in [1.54, 1.807) is 25.1 Å². The van der Waals surface area contributed by atoms with Crippen molar-refractivity contribution < 1.29 is 13.9 Å². The second-order valence-electron chi connectivity index (χ2n) is 3.54. The van der Waals surface area contributed by atoms with Gasteiger partial charge >= 0.3 is 0 Å². The zero-order chi connectivity index (χ0) is 11.7. The molecule has 2 nitrogen and oxygen atoms in total. The first kappa shape index (κ1) is 11.4. The minimum atomic E-state index is -0.885. The van der Waals surface area contributed by atoms with Crippen LogP contribution in [0.1, 0.15) is 23.0 Å². The van der Waals surface area contributed by atoms with Crippen LogP contribution in [0, 0.1) is 12.7 Å². The SMILES string of the molecule is Cc1cc(C(O)c2occc2Br)ccc1F. The van der Waals surface area contributed by atoms with Crippen LogP contribution < -0.4 is 0 Å². The summed E-state index contributed by atoms with van der Waals surface area (Å²) >= 11 is 3.27. The van der Waals surface area contributed by atoms with Crippen molar-refractivity contribution in [1.82, 2.24) is 0 Å². The van der Waals surface area contributed by atoms with Crippen LogP contribution in [0.4, 0.5) is 4.39 Å². The predicted octanol–water partition coefficient (Wildman–Crippen LogP) is 3.57. The lowest BCUT2D eigenvalue weighted by molar-refractivity contribution is 0.188. The Labute approximate surface area is 101 Å². The van der Waals surface area contributed by atoms with E-state index in [2.05, 4.69) is 15.9 Å². The molecule has 0 radical (unpaired) electrons. The average Bonchev–Trinajstić information content (AvgIpc) is 2.67. The zero-order valence-corrected chi connectivity index (χ0v) is 10.2. The number of furan rings is 1. The zero-order valence-electron chi connectivity index (χ0n) is 8.58. The standard InChI is InChI=1S/C12H10BrFO2/c1-7-6-8(2-3-10(7)14)11(15)12-9(13)4-5-16-12/h2-6,11,15H,1H3. The second kappa shape index (κ2) is 4.39. The van der Waals surface area contributed by atoms with Crippen LogP contribution in [-0.2, 0) is 0 Å². The van der Waals surface area contributed by atoms with E-state index in [4.69, 9.17) is 4.42 Å². The van der Waals surface area contributed by atoms with Gasteiger partial charge in [-0.3, -0.25) is 0 Å². The smallest absolute Gasteiger partial charge is 0.150 e. The fraction of sp³-hybridized carbons (Fsp3) is 0.167. The first-order chi connectivity index (χ1) is 7.59. The summed E-state index contributed by atoms with van der Waals surface area (Å²) in [6, 6.07) is 6.19. The largest absolute Gasteiger partial charge is 0.465 e. The molecule has 0 amide bonds. The summed E-state index contributed by atoms with van der Waals surface area (Å²) in [5.41, 5.74) is 1.11. The van der Waals surface area contributed by atoms with E-state index in [0.717, 1.165) is 0 Å². The Morgan fingerprint density at radius 2 is 2.12 bits per heavy atom. The highest BCUT2D eigenvalue weighted by atomic mass is 79.9. The van der Waals surface area contributed by atoms with E-state index >= 15 is 0 Å². The molecule has 0 aliphatic rings. The molecule has 0 saturated heterocycles. The number of halogens is 2. The number of rotatable bonds is 2. The monoisotopic (exact) mass is 284 g/mol. The lowest BCUT2D eigenvalue weighted by atomic mass is 10.0.